The first-order valence-corrected chi connectivity index (χ1v) is 8.10. The molecule has 2 aromatic rings. The predicted octanol–water partition coefficient (Wildman–Crippen LogP) is 2.43. The second-order valence-corrected chi connectivity index (χ2v) is 5.79. The van der Waals surface area contributed by atoms with E-state index in [4.69, 9.17) is 9.47 Å². The number of methoxy groups -OCH3 is 1. The topological polar surface area (TPSA) is 81.3 Å². The number of aromatic nitrogens is 2. The molecule has 0 radical (unpaired) electrons. The molecule has 7 heteroatoms. The van der Waals surface area contributed by atoms with E-state index in [1.54, 1.807) is 6.92 Å². The molecule has 1 N–H and O–H groups in total. The number of esters is 1. The zero-order valence-corrected chi connectivity index (χ0v) is 13.8. The molecule has 23 heavy (non-hydrogen) atoms. The van der Waals surface area contributed by atoms with E-state index >= 15 is 0 Å². The number of carbonyl (C=O) groups is 1. The number of benzene rings is 1. The number of hydrogen-bond acceptors (Lipinski definition) is 6. The molecule has 1 aromatic carbocycles. The van der Waals surface area contributed by atoms with Crippen molar-refractivity contribution in [3.63, 3.8) is 0 Å². The third-order valence-electron chi connectivity index (χ3n) is 3.02. The largest absolute Gasteiger partial charge is 0.494 e. The normalized spacial score (nSPS) is 10.3. The lowest BCUT2D eigenvalue weighted by Crippen LogP contribution is -2.19. The lowest BCUT2D eigenvalue weighted by Gasteiger charge is -2.09. The Morgan fingerprint density at radius 3 is 2.74 bits per heavy atom. The lowest BCUT2D eigenvalue weighted by molar-refractivity contribution is 0.0594. The summed E-state index contributed by atoms with van der Waals surface area (Å²) in [5.74, 6) is 0.986. The Bertz CT molecular complexity index is 716. The van der Waals surface area contributed by atoms with Crippen LogP contribution >= 0.6 is 11.8 Å². The number of hydrogen-bond donors (Lipinski definition) is 1. The molecule has 0 unspecified atom stereocenters. The monoisotopic (exact) mass is 334 g/mol. The van der Waals surface area contributed by atoms with Gasteiger partial charge >= 0.3 is 11.7 Å². The first-order valence-electron chi connectivity index (χ1n) is 7.11. The van der Waals surface area contributed by atoms with E-state index in [1.807, 2.05) is 30.3 Å². The van der Waals surface area contributed by atoms with Crippen LogP contribution in [0.4, 0.5) is 0 Å². The molecular weight excluding hydrogens is 316 g/mol. The zero-order valence-electron chi connectivity index (χ0n) is 13.0. The summed E-state index contributed by atoms with van der Waals surface area (Å²) >= 11 is 1.34. The Morgan fingerprint density at radius 2 is 2.04 bits per heavy atom. The second kappa shape index (κ2) is 8.38. The Kier molecular flexibility index (Phi) is 6.22. The molecule has 0 atom stereocenters. The average molecular weight is 334 g/mol. The molecule has 0 amide bonds. The van der Waals surface area contributed by atoms with Crippen molar-refractivity contribution in [2.45, 2.75) is 18.4 Å². The van der Waals surface area contributed by atoms with Crippen LogP contribution in [0.1, 0.15) is 22.5 Å². The number of ether oxygens (including phenoxy) is 2. The molecule has 2 rings (SSSR count). The molecule has 0 aliphatic heterocycles. The van der Waals surface area contributed by atoms with Crippen molar-refractivity contribution in [2.24, 2.45) is 0 Å². The van der Waals surface area contributed by atoms with Crippen molar-refractivity contribution >= 4 is 17.7 Å². The van der Waals surface area contributed by atoms with Crippen LogP contribution < -0.4 is 10.4 Å². The molecule has 122 valence electrons. The fourth-order valence-corrected chi connectivity index (χ4v) is 2.92. The minimum Gasteiger partial charge on any atom is -0.494 e. The van der Waals surface area contributed by atoms with Crippen molar-refractivity contribution in [1.29, 1.82) is 0 Å². The Balaban J connectivity index is 1.92. The van der Waals surface area contributed by atoms with Gasteiger partial charge in [-0.2, -0.15) is 4.98 Å². The van der Waals surface area contributed by atoms with Gasteiger partial charge in [-0.1, -0.05) is 18.2 Å². The van der Waals surface area contributed by atoms with E-state index in [0.717, 1.165) is 12.2 Å². The van der Waals surface area contributed by atoms with Crippen LogP contribution in [0.15, 0.2) is 40.2 Å². The Labute approximate surface area is 138 Å². The van der Waals surface area contributed by atoms with Crippen LogP contribution in [0, 0.1) is 6.92 Å². The quantitative estimate of drug-likeness (QED) is 0.362. The summed E-state index contributed by atoms with van der Waals surface area (Å²) in [4.78, 5) is 29.7. The number of para-hydroxylation sites is 1. The Morgan fingerprint density at radius 1 is 1.30 bits per heavy atom. The number of thioether (sulfide) groups is 1. The maximum absolute atomic E-state index is 11.8. The van der Waals surface area contributed by atoms with Gasteiger partial charge in [0, 0.05) is 11.4 Å². The number of nitrogens with zero attached hydrogens (tertiary/aromatic N) is 1. The van der Waals surface area contributed by atoms with E-state index in [-0.39, 0.29) is 0 Å². The maximum Gasteiger partial charge on any atom is 0.346 e. The highest BCUT2D eigenvalue weighted by atomic mass is 32.2. The van der Waals surface area contributed by atoms with Gasteiger partial charge in [0.2, 0.25) is 0 Å². The molecule has 0 aliphatic rings. The highest BCUT2D eigenvalue weighted by Gasteiger charge is 2.18. The van der Waals surface area contributed by atoms with Crippen LogP contribution in [0.5, 0.6) is 5.75 Å². The van der Waals surface area contributed by atoms with Crippen LogP contribution in [0.2, 0.25) is 0 Å². The van der Waals surface area contributed by atoms with Gasteiger partial charge in [0.15, 0.2) is 0 Å². The molecule has 0 bridgehead atoms. The summed E-state index contributed by atoms with van der Waals surface area (Å²) in [6.07, 6.45) is 0.758. The number of H-pyrrole nitrogens is 1. The molecule has 1 heterocycles. The number of carbonyl (C=O) groups excluding carboxylic acids is 1. The smallest absolute Gasteiger partial charge is 0.346 e. The van der Waals surface area contributed by atoms with Crippen molar-refractivity contribution in [3.05, 3.63) is 52.1 Å². The summed E-state index contributed by atoms with van der Waals surface area (Å²) in [6.45, 7) is 2.20. The summed E-state index contributed by atoms with van der Waals surface area (Å²) in [7, 11) is 1.30. The van der Waals surface area contributed by atoms with Crippen LogP contribution in [-0.2, 0) is 4.74 Å². The van der Waals surface area contributed by atoms with E-state index < -0.39 is 11.7 Å². The fourth-order valence-electron chi connectivity index (χ4n) is 1.94. The van der Waals surface area contributed by atoms with E-state index in [2.05, 4.69) is 9.97 Å². The van der Waals surface area contributed by atoms with Crippen LogP contribution in [0.3, 0.4) is 0 Å². The summed E-state index contributed by atoms with van der Waals surface area (Å²) in [5.41, 5.74) is 0.291. The fraction of sp³-hybridized carbons (Fsp3) is 0.312. The van der Waals surface area contributed by atoms with Crippen molar-refractivity contribution in [2.75, 3.05) is 19.5 Å². The molecule has 0 spiro atoms. The first kappa shape index (κ1) is 17.1. The van der Waals surface area contributed by atoms with E-state index in [9.17, 15) is 9.59 Å². The van der Waals surface area contributed by atoms with Gasteiger partial charge < -0.3 is 14.5 Å². The minimum atomic E-state index is -0.505. The Hall–Kier alpha value is -2.28. The zero-order chi connectivity index (χ0) is 16.7. The van der Waals surface area contributed by atoms with E-state index in [0.29, 0.717) is 28.6 Å². The summed E-state index contributed by atoms with van der Waals surface area (Å²) in [6, 6.07) is 9.54. The summed E-state index contributed by atoms with van der Waals surface area (Å²) in [5, 5.41) is 0.387. The summed E-state index contributed by atoms with van der Waals surface area (Å²) < 4.78 is 10.3. The molecule has 0 saturated heterocycles. The first-order chi connectivity index (χ1) is 11.1. The van der Waals surface area contributed by atoms with Gasteiger partial charge in [-0.3, -0.25) is 0 Å². The molecule has 0 saturated carbocycles. The maximum atomic E-state index is 11.8. The van der Waals surface area contributed by atoms with Gasteiger partial charge in [-0.05, 0) is 25.5 Å². The van der Waals surface area contributed by atoms with Crippen LogP contribution in [-0.4, -0.2) is 35.4 Å². The SMILES string of the molecule is COC(=O)c1c(SCCCOc2ccccc2)nc(=O)[nH]c1C. The van der Waals surface area contributed by atoms with Crippen molar-refractivity contribution in [1.82, 2.24) is 9.97 Å². The van der Waals surface area contributed by atoms with Crippen molar-refractivity contribution < 1.29 is 14.3 Å². The number of nitrogens with one attached hydrogen (secondary N) is 1. The van der Waals surface area contributed by atoms with Gasteiger partial charge in [0.05, 0.1) is 13.7 Å². The molecule has 0 aliphatic carbocycles. The van der Waals surface area contributed by atoms with Gasteiger partial charge in [0.25, 0.3) is 0 Å². The molecular formula is C16H18N2O4S. The number of rotatable bonds is 7. The lowest BCUT2D eigenvalue weighted by atomic mass is 10.2. The standard InChI is InChI=1S/C16H18N2O4S/c1-11-13(15(19)21-2)14(18-16(20)17-11)23-10-6-9-22-12-7-4-3-5-8-12/h3-5,7-8H,6,9-10H2,1-2H3,(H,17,18,20). The number of aryl methyl sites for hydroxylation is 1. The third kappa shape index (κ3) is 4.85. The highest BCUT2D eigenvalue weighted by molar-refractivity contribution is 7.99. The number of aromatic amines is 1. The average Bonchev–Trinajstić information content (AvgIpc) is 2.54. The van der Waals surface area contributed by atoms with Gasteiger partial charge in [-0.25, -0.2) is 9.59 Å². The highest BCUT2D eigenvalue weighted by Crippen LogP contribution is 2.22. The van der Waals surface area contributed by atoms with Crippen molar-refractivity contribution in [3.8, 4) is 5.75 Å². The molecule has 6 nitrogen and oxygen atoms in total. The molecule has 1 aromatic heterocycles. The molecule has 0 fully saturated rings. The van der Waals surface area contributed by atoms with Gasteiger partial charge in [-0.15, -0.1) is 11.8 Å². The van der Waals surface area contributed by atoms with E-state index in [1.165, 1.54) is 18.9 Å². The predicted molar refractivity (Wildman–Crippen MR) is 88.2 cm³/mol. The minimum absolute atomic E-state index is 0.307. The third-order valence-corrected chi connectivity index (χ3v) is 4.08. The van der Waals surface area contributed by atoms with Gasteiger partial charge in [0.1, 0.15) is 16.3 Å². The second-order valence-electron chi connectivity index (χ2n) is 4.70. The van der Waals surface area contributed by atoms with Crippen LogP contribution in [0.25, 0.3) is 0 Å².